The number of aromatic carboxylic acids is 1. The molecule has 0 heterocycles. The molecule has 0 amide bonds. The van der Waals surface area contributed by atoms with Crippen LogP contribution in [0.2, 0.25) is 0 Å². The number of carboxylic acids is 1. The van der Waals surface area contributed by atoms with Crippen LogP contribution < -0.4 is 0 Å². The minimum Gasteiger partial charge on any atom is -0.478 e. The van der Waals surface area contributed by atoms with Gasteiger partial charge in [-0.3, -0.25) is 0 Å². The predicted octanol–water partition coefficient (Wildman–Crippen LogP) is 2.19. The zero-order valence-corrected chi connectivity index (χ0v) is 12.1. The number of benzene rings is 1. The normalized spacial score (nSPS) is 12.1. The van der Waals surface area contributed by atoms with Crippen LogP contribution in [0, 0.1) is 0 Å². The Morgan fingerprint density at radius 1 is 1.21 bits per heavy atom. The van der Waals surface area contributed by atoms with Gasteiger partial charge in [0.05, 0.1) is 10.5 Å². The van der Waals surface area contributed by atoms with Crippen LogP contribution in [-0.4, -0.2) is 36.9 Å². The lowest BCUT2D eigenvalue weighted by atomic mass is 10.2. The molecule has 0 spiro atoms. The summed E-state index contributed by atoms with van der Waals surface area (Å²) in [6.07, 6.45) is 1.47. The summed E-state index contributed by atoms with van der Waals surface area (Å²) in [5, 5.41) is 8.79. The number of carbonyl (C=O) groups is 1. The van der Waals surface area contributed by atoms with Crippen molar-refractivity contribution in [3.8, 4) is 0 Å². The smallest absolute Gasteiger partial charge is 0.335 e. The minimum absolute atomic E-state index is 0.0517. The fourth-order valence-electron chi connectivity index (χ4n) is 1.93. The van der Waals surface area contributed by atoms with Gasteiger partial charge in [0.15, 0.2) is 0 Å². The molecule has 106 valence electrons. The van der Waals surface area contributed by atoms with E-state index >= 15 is 0 Å². The molecule has 1 N–H and O–H groups in total. The molecule has 0 atom stereocenters. The third-order valence-corrected chi connectivity index (χ3v) is 5.16. The number of nitrogens with zero attached hydrogens (tertiary/aromatic N) is 1. The molecule has 0 saturated heterocycles. The lowest BCUT2D eigenvalue weighted by Gasteiger charge is -2.25. The van der Waals surface area contributed by atoms with Crippen molar-refractivity contribution in [2.24, 2.45) is 0 Å². The van der Waals surface area contributed by atoms with Gasteiger partial charge < -0.3 is 5.11 Å². The summed E-state index contributed by atoms with van der Waals surface area (Å²) in [5.41, 5.74) is 0.0733. The zero-order chi connectivity index (χ0) is 14.6. The van der Waals surface area contributed by atoms with Crippen molar-refractivity contribution in [1.82, 2.24) is 4.31 Å². The average molecular weight is 285 g/mol. The average Bonchev–Trinajstić information content (AvgIpc) is 2.40. The van der Waals surface area contributed by atoms with Gasteiger partial charge in [-0.15, -0.1) is 0 Å². The summed E-state index contributed by atoms with van der Waals surface area (Å²) >= 11 is 0. The summed E-state index contributed by atoms with van der Waals surface area (Å²) in [7, 11) is -2.01. The predicted molar refractivity (Wildman–Crippen MR) is 72.7 cm³/mol. The Morgan fingerprint density at radius 3 is 2.05 bits per heavy atom. The third kappa shape index (κ3) is 3.33. The van der Waals surface area contributed by atoms with Gasteiger partial charge in [-0.1, -0.05) is 13.8 Å². The molecule has 0 fully saturated rings. The van der Waals surface area contributed by atoms with Gasteiger partial charge in [-0.05, 0) is 37.1 Å². The van der Waals surface area contributed by atoms with Gasteiger partial charge in [0.2, 0.25) is 10.0 Å². The topological polar surface area (TPSA) is 74.7 Å². The van der Waals surface area contributed by atoms with Crippen LogP contribution in [0.5, 0.6) is 0 Å². The first kappa shape index (κ1) is 15.7. The first-order valence-corrected chi connectivity index (χ1v) is 7.60. The summed E-state index contributed by atoms with van der Waals surface area (Å²) in [4.78, 5) is 10.9. The Kier molecular flexibility index (Phi) is 5.08. The van der Waals surface area contributed by atoms with Crippen molar-refractivity contribution >= 4 is 16.0 Å². The largest absolute Gasteiger partial charge is 0.478 e. The summed E-state index contributed by atoms with van der Waals surface area (Å²) in [6.45, 7) is 3.88. The van der Waals surface area contributed by atoms with E-state index in [1.54, 1.807) is 7.05 Å². The van der Waals surface area contributed by atoms with E-state index in [2.05, 4.69) is 0 Å². The molecule has 0 aliphatic heterocycles. The van der Waals surface area contributed by atoms with Crippen molar-refractivity contribution in [2.45, 2.75) is 37.6 Å². The Bertz CT molecular complexity index is 532. The van der Waals surface area contributed by atoms with Crippen molar-refractivity contribution < 1.29 is 18.3 Å². The van der Waals surface area contributed by atoms with Crippen LogP contribution in [0.4, 0.5) is 0 Å². The second-order valence-electron chi connectivity index (χ2n) is 4.32. The summed E-state index contributed by atoms with van der Waals surface area (Å²) in [5.74, 6) is -1.07. The molecule has 1 aromatic rings. The van der Waals surface area contributed by atoms with Gasteiger partial charge in [0, 0.05) is 13.1 Å². The summed E-state index contributed by atoms with van der Waals surface area (Å²) < 4.78 is 26.1. The molecule has 1 rings (SSSR count). The SMILES string of the molecule is CCC(CC)N(C)S(=O)(=O)c1ccc(C(=O)O)cc1. The highest BCUT2D eigenvalue weighted by Crippen LogP contribution is 2.19. The van der Waals surface area contributed by atoms with Crippen LogP contribution >= 0.6 is 0 Å². The molecule has 1 aromatic carbocycles. The zero-order valence-electron chi connectivity index (χ0n) is 11.3. The first-order valence-electron chi connectivity index (χ1n) is 6.16. The maximum atomic E-state index is 12.4. The lowest BCUT2D eigenvalue weighted by Crippen LogP contribution is -2.36. The van der Waals surface area contributed by atoms with Crippen molar-refractivity contribution in [3.05, 3.63) is 29.8 Å². The molecule has 0 aromatic heterocycles. The van der Waals surface area contributed by atoms with Gasteiger partial charge in [-0.2, -0.15) is 4.31 Å². The van der Waals surface area contributed by atoms with E-state index in [-0.39, 0.29) is 16.5 Å². The molecule has 0 bridgehead atoms. The molecule has 0 saturated carbocycles. The van der Waals surface area contributed by atoms with Crippen LogP contribution in [0.25, 0.3) is 0 Å². The number of carboxylic acid groups (broad SMARTS) is 1. The van der Waals surface area contributed by atoms with Crippen molar-refractivity contribution in [1.29, 1.82) is 0 Å². The number of sulfonamides is 1. The van der Waals surface area contributed by atoms with E-state index in [0.717, 1.165) is 12.8 Å². The van der Waals surface area contributed by atoms with Gasteiger partial charge in [-0.25, -0.2) is 13.2 Å². The fourth-order valence-corrected chi connectivity index (χ4v) is 3.44. The van der Waals surface area contributed by atoms with E-state index in [9.17, 15) is 13.2 Å². The van der Waals surface area contributed by atoms with Gasteiger partial charge in [0.1, 0.15) is 0 Å². The van der Waals surface area contributed by atoms with Crippen LogP contribution in [0.15, 0.2) is 29.2 Å². The lowest BCUT2D eigenvalue weighted by molar-refractivity contribution is 0.0696. The fraction of sp³-hybridized carbons (Fsp3) is 0.462. The van der Waals surface area contributed by atoms with E-state index in [1.807, 2.05) is 13.8 Å². The van der Waals surface area contributed by atoms with Crippen molar-refractivity contribution in [3.63, 3.8) is 0 Å². The maximum absolute atomic E-state index is 12.4. The second-order valence-corrected chi connectivity index (χ2v) is 6.32. The highest BCUT2D eigenvalue weighted by molar-refractivity contribution is 7.89. The van der Waals surface area contributed by atoms with E-state index in [0.29, 0.717) is 0 Å². The molecule has 0 aliphatic carbocycles. The standard InChI is InChI=1S/C13H19NO4S/c1-4-11(5-2)14(3)19(17,18)12-8-6-10(7-9-12)13(15)16/h6-9,11H,4-5H2,1-3H3,(H,15,16). The Morgan fingerprint density at radius 2 is 1.68 bits per heavy atom. The Labute approximate surface area is 113 Å². The van der Waals surface area contributed by atoms with Crippen molar-refractivity contribution in [2.75, 3.05) is 7.05 Å². The van der Waals surface area contributed by atoms with Crippen LogP contribution in [-0.2, 0) is 10.0 Å². The molecule has 0 radical (unpaired) electrons. The van der Waals surface area contributed by atoms with Gasteiger partial charge in [0.25, 0.3) is 0 Å². The molecule has 19 heavy (non-hydrogen) atoms. The first-order chi connectivity index (χ1) is 8.84. The number of rotatable bonds is 6. The highest BCUT2D eigenvalue weighted by Gasteiger charge is 2.25. The van der Waals surface area contributed by atoms with Gasteiger partial charge >= 0.3 is 5.97 Å². The molecule has 0 unspecified atom stereocenters. The number of hydrogen-bond acceptors (Lipinski definition) is 3. The maximum Gasteiger partial charge on any atom is 0.335 e. The van der Waals surface area contributed by atoms with E-state index in [1.165, 1.54) is 28.6 Å². The quantitative estimate of drug-likeness (QED) is 0.869. The Balaban J connectivity index is 3.09. The van der Waals surface area contributed by atoms with Crippen LogP contribution in [0.1, 0.15) is 37.0 Å². The third-order valence-electron chi connectivity index (χ3n) is 3.23. The monoisotopic (exact) mass is 285 g/mol. The molecular weight excluding hydrogens is 266 g/mol. The summed E-state index contributed by atoms with van der Waals surface area (Å²) in [6, 6.07) is 5.21. The van der Waals surface area contributed by atoms with E-state index in [4.69, 9.17) is 5.11 Å². The number of hydrogen-bond donors (Lipinski definition) is 1. The van der Waals surface area contributed by atoms with Crippen LogP contribution in [0.3, 0.4) is 0 Å². The molecule has 6 heteroatoms. The Hall–Kier alpha value is -1.40. The van der Waals surface area contributed by atoms with E-state index < -0.39 is 16.0 Å². The second kappa shape index (κ2) is 6.16. The molecule has 5 nitrogen and oxygen atoms in total. The molecule has 0 aliphatic rings. The minimum atomic E-state index is -3.56. The molecular formula is C13H19NO4S. The highest BCUT2D eigenvalue weighted by atomic mass is 32.2.